The summed E-state index contributed by atoms with van der Waals surface area (Å²) >= 11 is 0. The zero-order valence-corrected chi connectivity index (χ0v) is 20.6. The molecule has 0 aromatic carbocycles. The minimum atomic E-state index is -0.978. The fourth-order valence-electron chi connectivity index (χ4n) is 3.60. The van der Waals surface area contributed by atoms with Gasteiger partial charge in [0.15, 0.2) is 0 Å². The second-order valence-corrected chi connectivity index (χ2v) is 8.65. The number of rotatable bonds is 23. The van der Waals surface area contributed by atoms with E-state index in [2.05, 4.69) is 31.0 Å². The molecule has 184 valence electrons. The molecule has 0 radical (unpaired) electrons. The molecule has 2 N–H and O–H groups in total. The summed E-state index contributed by atoms with van der Waals surface area (Å²) in [6, 6.07) is -0.758. The Kier molecular flexibility index (Phi) is 21.3. The Labute approximate surface area is 191 Å². The van der Waals surface area contributed by atoms with Crippen LogP contribution in [0.4, 0.5) is 0 Å². The average molecular weight is 443 g/mol. The molecule has 0 aliphatic heterocycles. The number of nitrogens with one attached hydrogen (secondary N) is 1. The van der Waals surface area contributed by atoms with Gasteiger partial charge in [-0.2, -0.15) is 0 Å². The van der Waals surface area contributed by atoms with Crippen LogP contribution in [0.15, 0.2) is 0 Å². The van der Waals surface area contributed by atoms with Crippen LogP contribution in [0.1, 0.15) is 111 Å². The number of carbonyl (C=O) groups is 2. The zero-order chi connectivity index (χ0) is 23.2. The molecule has 0 bridgehead atoms. The van der Waals surface area contributed by atoms with Gasteiger partial charge in [-0.15, -0.1) is 0 Å². The van der Waals surface area contributed by atoms with E-state index in [1.807, 2.05) is 0 Å². The molecule has 1 atom stereocenters. The van der Waals surface area contributed by atoms with Gasteiger partial charge in [-0.3, -0.25) is 9.59 Å². The topological polar surface area (TPSA) is 78.9 Å². The summed E-state index contributed by atoms with van der Waals surface area (Å²) in [4.78, 5) is 26.0. The van der Waals surface area contributed by atoms with Crippen molar-refractivity contribution in [2.45, 2.75) is 117 Å². The van der Waals surface area contributed by atoms with Crippen LogP contribution < -0.4 is 5.32 Å². The summed E-state index contributed by atoms with van der Waals surface area (Å²) in [7, 11) is 0. The number of carboxylic acid groups (broad SMARTS) is 1. The van der Waals surface area contributed by atoms with Crippen LogP contribution in [0.25, 0.3) is 0 Å². The summed E-state index contributed by atoms with van der Waals surface area (Å²) in [5, 5.41) is 12.3. The lowest BCUT2D eigenvalue weighted by molar-refractivity contribution is -0.150. The van der Waals surface area contributed by atoms with Crippen molar-refractivity contribution < 1.29 is 19.4 Å². The third-order valence-electron chi connectivity index (χ3n) is 5.60. The number of nitrogens with zero attached hydrogens (tertiary/aromatic N) is 1. The maximum Gasteiger partial charge on any atom is 0.323 e. The minimum Gasteiger partial charge on any atom is -0.481 e. The number of hydrogen-bond donors (Lipinski definition) is 2. The maximum atomic E-state index is 12.3. The van der Waals surface area contributed by atoms with Crippen LogP contribution in [0.5, 0.6) is 0 Å². The largest absolute Gasteiger partial charge is 0.481 e. The first-order valence-electron chi connectivity index (χ1n) is 12.9. The Bertz CT molecular complexity index is 424. The predicted molar refractivity (Wildman–Crippen MR) is 128 cm³/mol. The summed E-state index contributed by atoms with van der Waals surface area (Å²) in [5.41, 5.74) is 0. The molecule has 0 amide bonds. The Morgan fingerprint density at radius 1 is 0.774 bits per heavy atom. The van der Waals surface area contributed by atoms with E-state index in [0.717, 1.165) is 38.9 Å². The number of carboxylic acids is 1. The molecule has 31 heavy (non-hydrogen) atoms. The van der Waals surface area contributed by atoms with Gasteiger partial charge in [-0.05, 0) is 51.9 Å². The van der Waals surface area contributed by atoms with Crippen molar-refractivity contribution in [2.75, 3.05) is 32.8 Å². The van der Waals surface area contributed by atoms with E-state index in [0.29, 0.717) is 13.2 Å². The highest BCUT2D eigenvalue weighted by molar-refractivity contribution is 5.81. The highest BCUT2D eigenvalue weighted by Gasteiger charge is 2.22. The molecule has 0 saturated carbocycles. The van der Waals surface area contributed by atoms with Crippen LogP contribution in [-0.4, -0.2) is 60.8 Å². The number of aliphatic carboxylic acids is 1. The SMILES string of the molecule is CCCCCCCCCCOC(=O)C(CC(=O)O)NCCCN(CCCC)CCCC. The van der Waals surface area contributed by atoms with Crippen LogP contribution in [-0.2, 0) is 14.3 Å². The lowest BCUT2D eigenvalue weighted by Crippen LogP contribution is -2.41. The first-order valence-corrected chi connectivity index (χ1v) is 12.9. The molecule has 0 aromatic rings. The second-order valence-electron chi connectivity index (χ2n) is 8.65. The number of ether oxygens (including phenoxy) is 1. The molecule has 0 rings (SSSR count). The summed E-state index contributed by atoms with van der Waals surface area (Å²) in [6.45, 7) is 10.8. The van der Waals surface area contributed by atoms with Gasteiger partial charge in [0.1, 0.15) is 6.04 Å². The molecule has 6 nitrogen and oxygen atoms in total. The predicted octanol–water partition coefficient (Wildman–Crippen LogP) is 5.40. The van der Waals surface area contributed by atoms with E-state index in [4.69, 9.17) is 9.84 Å². The molecule has 0 fully saturated rings. The third kappa shape index (κ3) is 19.3. The highest BCUT2D eigenvalue weighted by atomic mass is 16.5. The van der Waals surface area contributed by atoms with Crippen molar-refractivity contribution in [2.24, 2.45) is 0 Å². The van der Waals surface area contributed by atoms with Gasteiger partial charge in [0, 0.05) is 0 Å². The van der Waals surface area contributed by atoms with Gasteiger partial charge in [0.05, 0.1) is 13.0 Å². The lowest BCUT2D eigenvalue weighted by atomic mass is 10.1. The van der Waals surface area contributed by atoms with Crippen molar-refractivity contribution in [3.05, 3.63) is 0 Å². The van der Waals surface area contributed by atoms with Gasteiger partial charge in [0.2, 0.25) is 0 Å². The van der Waals surface area contributed by atoms with Gasteiger partial charge < -0.3 is 20.1 Å². The Balaban J connectivity index is 4.11. The van der Waals surface area contributed by atoms with Gasteiger partial charge in [-0.25, -0.2) is 0 Å². The van der Waals surface area contributed by atoms with E-state index in [9.17, 15) is 9.59 Å². The lowest BCUT2D eigenvalue weighted by Gasteiger charge is -2.22. The molecule has 0 aliphatic rings. The zero-order valence-electron chi connectivity index (χ0n) is 20.6. The molecule has 1 unspecified atom stereocenters. The number of carbonyl (C=O) groups excluding carboxylic acids is 1. The molecule has 0 aliphatic carbocycles. The van der Waals surface area contributed by atoms with Gasteiger partial charge in [-0.1, -0.05) is 78.6 Å². The number of hydrogen-bond acceptors (Lipinski definition) is 5. The molecule has 0 spiro atoms. The smallest absolute Gasteiger partial charge is 0.323 e. The normalized spacial score (nSPS) is 12.3. The highest BCUT2D eigenvalue weighted by Crippen LogP contribution is 2.09. The molecule has 0 saturated heterocycles. The monoisotopic (exact) mass is 442 g/mol. The van der Waals surface area contributed by atoms with Crippen molar-refractivity contribution in [3.8, 4) is 0 Å². The standard InChI is InChI=1S/C25H50N2O4/c1-4-7-10-11-12-13-14-15-21-31-25(30)23(22-24(28)29)26-17-16-20-27(18-8-5-2)19-9-6-3/h23,26H,4-22H2,1-3H3,(H,28,29). The van der Waals surface area contributed by atoms with E-state index in [1.54, 1.807) is 0 Å². The van der Waals surface area contributed by atoms with E-state index >= 15 is 0 Å². The van der Waals surface area contributed by atoms with Gasteiger partial charge >= 0.3 is 11.9 Å². The van der Waals surface area contributed by atoms with Crippen LogP contribution in [0.3, 0.4) is 0 Å². The molecule has 0 heterocycles. The molecular weight excluding hydrogens is 392 g/mol. The average Bonchev–Trinajstić information content (AvgIpc) is 2.75. The van der Waals surface area contributed by atoms with Crippen LogP contribution in [0.2, 0.25) is 0 Å². The van der Waals surface area contributed by atoms with E-state index in [-0.39, 0.29) is 6.42 Å². The second kappa shape index (κ2) is 22.1. The third-order valence-corrected chi connectivity index (χ3v) is 5.60. The maximum absolute atomic E-state index is 12.3. The van der Waals surface area contributed by atoms with Crippen molar-refractivity contribution in [1.29, 1.82) is 0 Å². The fraction of sp³-hybridized carbons (Fsp3) is 0.920. The van der Waals surface area contributed by atoms with Crippen molar-refractivity contribution in [3.63, 3.8) is 0 Å². The Hall–Kier alpha value is -1.14. The fourth-order valence-corrected chi connectivity index (χ4v) is 3.60. The summed E-state index contributed by atoms with van der Waals surface area (Å²) in [6.07, 6.45) is 14.9. The van der Waals surface area contributed by atoms with Gasteiger partial charge in [0.25, 0.3) is 0 Å². The molecule has 6 heteroatoms. The Morgan fingerprint density at radius 2 is 1.29 bits per heavy atom. The Morgan fingerprint density at radius 3 is 1.84 bits per heavy atom. The number of unbranched alkanes of at least 4 members (excludes halogenated alkanes) is 9. The van der Waals surface area contributed by atoms with E-state index in [1.165, 1.54) is 64.2 Å². The van der Waals surface area contributed by atoms with Crippen LogP contribution >= 0.6 is 0 Å². The van der Waals surface area contributed by atoms with Crippen molar-refractivity contribution in [1.82, 2.24) is 10.2 Å². The minimum absolute atomic E-state index is 0.231. The molecule has 0 aromatic heterocycles. The first kappa shape index (κ1) is 29.9. The first-order chi connectivity index (χ1) is 15.0. The summed E-state index contributed by atoms with van der Waals surface area (Å²) in [5.74, 6) is -1.41. The number of esters is 1. The van der Waals surface area contributed by atoms with E-state index < -0.39 is 18.0 Å². The molecular formula is C25H50N2O4. The van der Waals surface area contributed by atoms with Crippen molar-refractivity contribution >= 4 is 11.9 Å². The van der Waals surface area contributed by atoms with Crippen LogP contribution in [0, 0.1) is 0 Å². The quantitative estimate of drug-likeness (QED) is 0.163. The summed E-state index contributed by atoms with van der Waals surface area (Å²) < 4.78 is 5.36.